The molecule has 0 heterocycles. The maximum Gasteiger partial charge on any atom is 0.323 e. The number of amides is 2. The second-order valence-corrected chi connectivity index (χ2v) is 5.53. The summed E-state index contributed by atoms with van der Waals surface area (Å²) < 4.78 is 13.4. The van der Waals surface area contributed by atoms with E-state index in [1.165, 1.54) is 24.3 Å². The minimum atomic E-state index is -0.513. The minimum absolute atomic E-state index is 0.364. The molecular formula is C13H8BrCl2FN2O. The van der Waals surface area contributed by atoms with Gasteiger partial charge in [-0.25, -0.2) is 9.18 Å². The third-order valence-electron chi connectivity index (χ3n) is 2.36. The van der Waals surface area contributed by atoms with Gasteiger partial charge in [0.2, 0.25) is 0 Å². The summed E-state index contributed by atoms with van der Waals surface area (Å²) in [6.07, 6.45) is 0. The van der Waals surface area contributed by atoms with E-state index in [1.807, 2.05) is 0 Å². The van der Waals surface area contributed by atoms with E-state index in [1.54, 1.807) is 12.1 Å². The van der Waals surface area contributed by atoms with Crippen molar-refractivity contribution >= 4 is 56.5 Å². The summed E-state index contributed by atoms with van der Waals surface area (Å²) >= 11 is 14.9. The zero-order valence-corrected chi connectivity index (χ0v) is 13.0. The molecule has 0 bridgehead atoms. The molecule has 2 aromatic carbocycles. The smallest absolute Gasteiger partial charge is 0.307 e. The molecule has 2 rings (SSSR count). The van der Waals surface area contributed by atoms with Gasteiger partial charge in [-0.2, -0.15) is 0 Å². The van der Waals surface area contributed by atoms with Crippen LogP contribution in [0.2, 0.25) is 10.0 Å². The molecule has 0 saturated carbocycles. The molecule has 0 aliphatic carbocycles. The largest absolute Gasteiger partial charge is 0.323 e. The van der Waals surface area contributed by atoms with Crippen LogP contribution >= 0.6 is 39.1 Å². The number of carbonyl (C=O) groups is 1. The number of rotatable bonds is 2. The molecule has 2 N–H and O–H groups in total. The molecule has 0 aromatic heterocycles. The lowest BCUT2D eigenvalue weighted by Crippen LogP contribution is -2.19. The lowest BCUT2D eigenvalue weighted by atomic mass is 10.3. The molecule has 0 aliphatic rings. The normalized spacial score (nSPS) is 10.2. The molecule has 0 saturated heterocycles. The second-order valence-electron chi connectivity index (χ2n) is 3.83. The van der Waals surface area contributed by atoms with E-state index in [4.69, 9.17) is 23.2 Å². The predicted octanol–water partition coefficient (Wildman–Crippen LogP) is 5.54. The van der Waals surface area contributed by atoms with E-state index in [0.717, 1.165) is 0 Å². The number of anilines is 2. The number of urea groups is 1. The predicted molar refractivity (Wildman–Crippen MR) is 83.2 cm³/mol. The molecule has 104 valence electrons. The van der Waals surface area contributed by atoms with Gasteiger partial charge in [-0.15, -0.1) is 0 Å². The molecular weight excluding hydrogens is 370 g/mol. The number of halogens is 4. The molecule has 0 unspecified atom stereocenters. The average molecular weight is 378 g/mol. The Kier molecular flexibility index (Phi) is 4.86. The number of nitrogens with one attached hydrogen (secondary N) is 2. The van der Waals surface area contributed by atoms with Crippen LogP contribution in [0.15, 0.2) is 40.9 Å². The Morgan fingerprint density at radius 2 is 1.75 bits per heavy atom. The van der Waals surface area contributed by atoms with Crippen molar-refractivity contribution in [2.45, 2.75) is 0 Å². The summed E-state index contributed by atoms with van der Waals surface area (Å²) in [4.78, 5) is 11.8. The van der Waals surface area contributed by atoms with E-state index in [0.29, 0.717) is 25.9 Å². The third-order valence-corrected chi connectivity index (χ3v) is 3.58. The van der Waals surface area contributed by atoms with Crippen molar-refractivity contribution < 1.29 is 9.18 Å². The summed E-state index contributed by atoms with van der Waals surface area (Å²) in [6, 6.07) is 8.15. The van der Waals surface area contributed by atoms with Crippen molar-refractivity contribution in [1.82, 2.24) is 0 Å². The number of hydrogen-bond donors (Lipinski definition) is 2. The number of carbonyl (C=O) groups excluding carboxylic acids is 1. The molecule has 3 nitrogen and oxygen atoms in total. The van der Waals surface area contributed by atoms with E-state index in [9.17, 15) is 9.18 Å². The summed E-state index contributed by atoms with van der Waals surface area (Å²) in [5, 5.41) is 5.94. The topological polar surface area (TPSA) is 41.1 Å². The average Bonchev–Trinajstić information content (AvgIpc) is 2.37. The minimum Gasteiger partial charge on any atom is -0.307 e. The first kappa shape index (κ1) is 15.1. The second kappa shape index (κ2) is 6.43. The number of hydrogen-bond acceptors (Lipinski definition) is 1. The van der Waals surface area contributed by atoms with Crippen molar-refractivity contribution in [2.24, 2.45) is 0 Å². The lowest BCUT2D eigenvalue weighted by Gasteiger charge is -2.10. The Morgan fingerprint density at radius 1 is 1.05 bits per heavy atom. The van der Waals surface area contributed by atoms with Crippen LogP contribution < -0.4 is 10.6 Å². The molecule has 0 atom stereocenters. The highest BCUT2D eigenvalue weighted by Crippen LogP contribution is 2.26. The third kappa shape index (κ3) is 3.85. The van der Waals surface area contributed by atoms with Crippen molar-refractivity contribution in [3.63, 3.8) is 0 Å². The highest BCUT2D eigenvalue weighted by atomic mass is 79.9. The molecule has 0 spiro atoms. The molecule has 0 fully saturated rings. The first-order valence-corrected chi connectivity index (χ1v) is 6.99. The molecule has 0 aliphatic heterocycles. The van der Waals surface area contributed by atoms with Crippen LogP contribution in [0.4, 0.5) is 20.6 Å². The maximum atomic E-state index is 12.9. The monoisotopic (exact) mass is 376 g/mol. The van der Waals surface area contributed by atoms with Crippen molar-refractivity contribution in [2.75, 3.05) is 10.6 Å². The van der Waals surface area contributed by atoms with E-state index < -0.39 is 11.8 Å². The Bertz CT molecular complexity index is 667. The first-order valence-electron chi connectivity index (χ1n) is 5.44. The zero-order valence-electron chi connectivity index (χ0n) is 9.88. The van der Waals surface area contributed by atoms with Crippen molar-refractivity contribution in [3.8, 4) is 0 Å². The van der Waals surface area contributed by atoms with Gasteiger partial charge < -0.3 is 10.6 Å². The quantitative estimate of drug-likeness (QED) is 0.708. The van der Waals surface area contributed by atoms with Crippen LogP contribution in [-0.2, 0) is 0 Å². The van der Waals surface area contributed by atoms with Gasteiger partial charge in [-0.05, 0) is 52.3 Å². The molecule has 2 amide bonds. The van der Waals surface area contributed by atoms with Gasteiger partial charge in [0.1, 0.15) is 5.82 Å². The summed E-state index contributed by atoms with van der Waals surface area (Å²) in [7, 11) is 0. The summed E-state index contributed by atoms with van der Waals surface area (Å²) in [5.74, 6) is -0.402. The standard InChI is InChI=1S/C13H8BrCl2FN2O/c14-9-6-8(17)2-4-11(9)18-13(20)19-12-5-7(15)1-3-10(12)16/h1-6H,(H2,18,19,20). The fraction of sp³-hybridized carbons (Fsp3) is 0. The van der Waals surface area contributed by atoms with Gasteiger partial charge in [-0.3, -0.25) is 0 Å². The molecule has 20 heavy (non-hydrogen) atoms. The molecule has 7 heteroatoms. The van der Waals surface area contributed by atoms with Gasteiger partial charge in [-0.1, -0.05) is 23.2 Å². The van der Waals surface area contributed by atoms with E-state index in [-0.39, 0.29) is 0 Å². The fourth-order valence-electron chi connectivity index (χ4n) is 1.46. The van der Waals surface area contributed by atoms with Gasteiger partial charge in [0.05, 0.1) is 16.4 Å². The highest BCUT2D eigenvalue weighted by Gasteiger charge is 2.09. The Balaban J connectivity index is 2.11. The Morgan fingerprint density at radius 3 is 2.45 bits per heavy atom. The van der Waals surface area contributed by atoms with Crippen LogP contribution in [-0.4, -0.2) is 6.03 Å². The molecule has 2 aromatic rings. The SMILES string of the molecule is O=C(Nc1cc(Cl)ccc1Cl)Nc1ccc(F)cc1Br. The van der Waals surface area contributed by atoms with Crippen molar-refractivity contribution in [3.05, 3.63) is 56.7 Å². The van der Waals surface area contributed by atoms with Crippen LogP contribution in [0.3, 0.4) is 0 Å². The first-order chi connectivity index (χ1) is 9.45. The lowest BCUT2D eigenvalue weighted by molar-refractivity contribution is 0.262. The highest BCUT2D eigenvalue weighted by molar-refractivity contribution is 9.10. The van der Waals surface area contributed by atoms with Gasteiger partial charge in [0, 0.05) is 9.50 Å². The van der Waals surface area contributed by atoms with Crippen LogP contribution in [0.5, 0.6) is 0 Å². The van der Waals surface area contributed by atoms with Gasteiger partial charge in [0.15, 0.2) is 0 Å². The van der Waals surface area contributed by atoms with Crippen molar-refractivity contribution in [1.29, 1.82) is 0 Å². The van der Waals surface area contributed by atoms with Crippen LogP contribution in [0.25, 0.3) is 0 Å². The maximum absolute atomic E-state index is 12.9. The Labute approximate surface area is 133 Å². The molecule has 0 radical (unpaired) electrons. The van der Waals surface area contributed by atoms with Crippen LogP contribution in [0, 0.1) is 5.82 Å². The number of benzene rings is 2. The Hall–Kier alpha value is -1.30. The van der Waals surface area contributed by atoms with Gasteiger partial charge in [0.25, 0.3) is 0 Å². The fourth-order valence-corrected chi connectivity index (χ4v) is 2.25. The van der Waals surface area contributed by atoms with E-state index in [2.05, 4.69) is 26.6 Å². The zero-order chi connectivity index (χ0) is 14.7. The van der Waals surface area contributed by atoms with Crippen LogP contribution in [0.1, 0.15) is 0 Å². The van der Waals surface area contributed by atoms with Gasteiger partial charge >= 0.3 is 6.03 Å². The van der Waals surface area contributed by atoms with E-state index >= 15 is 0 Å². The summed E-state index contributed by atoms with van der Waals surface area (Å²) in [6.45, 7) is 0. The summed E-state index contributed by atoms with van der Waals surface area (Å²) in [5.41, 5.74) is 0.817.